The molecule has 0 spiro atoms. The second kappa shape index (κ2) is 7.99. The fourth-order valence-corrected chi connectivity index (χ4v) is 2.93. The normalized spacial score (nSPS) is 12.7. The van der Waals surface area contributed by atoms with Crippen LogP contribution in [0.4, 0.5) is 11.5 Å². The molecule has 10 heteroatoms. The molecule has 0 saturated heterocycles. The maximum Gasteiger partial charge on any atom is 0.359 e. The maximum atomic E-state index is 12.6. The SMILES string of the molecule is COC(=O)c1ncnc2c1NCC(=O)N2Cc1c(OC)cc(OC)cc1OC. The van der Waals surface area contributed by atoms with Crippen molar-refractivity contribution >= 4 is 23.4 Å². The molecule has 10 nitrogen and oxygen atoms in total. The quantitative estimate of drug-likeness (QED) is 0.731. The molecule has 0 bridgehead atoms. The third kappa shape index (κ3) is 3.36. The van der Waals surface area contributed by atoms with Crippen LogP contribution < -0.4 is 24.4 Å². The van der Waals surface area contributed by atoms with Crippen LogP contribution in [0.25, 0.3) is 0 Å². The number of nitrogens with zero attached hydrogens (tertiary/aromatic N) is 3. The van der Waals surface area contributed by atoms with Gasteiger partial charge in [-0.2, -0.15) is 0 Å². The Hall–Kier alpha value is -3.56. The average molecular weight is 388 g/mol. The highest BCUT2D eigenvalue weighted by molar-refractivity contribution is 6.06. The lowest BCUT2D eigenvalue weighted by Crippen LogP contribution is -2.41. The molecule has 0 fully saturated rings. The van der Waals surface area contributed by atoms with Gasteiger partial charge in [-0.1, -0.05) is 0 Å². The van der Waals surface area contributed by atoms with Gasteiger partial charge in [0.1, 0.15) is 29.3 Å². The van der Waals surface area contributed by atoms with Crippen LogP contribution in [-0.4, -0.2) is 56.8 Å². The van der Waals surface area contributed by atoms with E-state index >= 15 is 0 Å². The molecule has 0 saturated carbocycles. The van der Waals surface area contributed by atoms with Crippen LogP contribution in [0.15, 0.2) is 18.5 Å². The van der Waals surface area contributed by atoms with Crippen molar-refractivity contribution in [2.75, 3.05) is 45.2 Å². The number of hydrogen-bond donors (Lipinski definition) is 1. The van der Waals surface area contributed by atoms with Crippen LogP contribution in [0.5, 0.6) is 17.2 Å². The molecule has 1 aliphatic heterocycles. The van der Waals surface area contributed by atoms with Gasteiger partial charge < -0.3 is 24.3 Å². The Balaban J connectivity index is 2.07. The zero-order chi connectivity index (χ0) is 20.3. The number of amides is 1. The Labute approximate surface area is 161 Å². The molecule has 2 aromatic rings. The number of carbonyl (C=O) groups is 2. The molecular weight excluding hydrogens is 368 g/mol. The number of methoxy groups -OCH3 is 4. The molecule has 0 unspecified atom stereocenters. The number of nitrogens with one attached hydrogen (secondary N) is 1. The first kappa shape index (κ1) is 19.2. The summed E-state index contributed by atoms with van der Waals surface area (Å²) in [4.78, 5) is 34.2. The molecule has 1 N–H and O–H groups in total. The van der Waals surface area contributed by atoms with Crippen molar-refractivity contribution in [3.05, 3.63) is 29.7 Å². The average Bonchev–Trinajstić information content (AvgIpc) is 2.74. The topological polar surface area (TPSA) is 112 Å². The molecule has 1 aromatic carbocycles. The van der Waals surface area contributed by atoms with Crippen molar-refractivity contribution in [3.63, 3.8) is 0 Å². The van der Waals surface area contributed by atoms with E-state index in [1.54, 1.807) is 12.1 Å². The molecule has 1 amide bonds. The van der Waals surface area contributed by atoms with Crippen molar-refractivity contribution in [3.8, 4) is 17.2 Å². The Morgan fingerprint density at radius 1 is 1.11 bits per heavy atom. The summed E-state index contributed by atoms with van der Waals surface area (Å²) in [5.74, 6) is 0.950. The monoisotopic (exact) mass is 388 g/mol. The van der Waals surface area contributed by atoms with Crippen LogP contribution in [0.2, 0.25) is 0 Å². The van der Waals surface area contributed by atoms with Crippen molar-refractivity contribution in [1.29, 1.82) is 0 Å². The fourth-order valence-electron chi connectivity index (χ4n) is 2.93. The van der Waals surface area contributed by atoms with Gasteiger partial charge in [0.25, 0.3) is 0 Å². The van der Waals surface area contributed by atoms with Gasteiger partial charge in [-0.25, -0.2) is 14.8 Å². The summed E-state index contributed by atoms with van der Waals surface area (Å²) in [7, 11) is 5.83. The number of anilines is 2. The standard InChI is InChI=1S/C18H20N4O6/c1-25-10-5-12(26-2)11(13(6-10)27-3)8-22-14(23)7-19-15-16(18(24)28-4)20-9-21-17(15)22/h5-6,9,19H,7-8H2,1-4H3. The lowest BCUT2D eigenvalue weighted by molar-refractivity contribution is -0.117. The highest BCUT2D eigenvalue weighted by Crippen LogP contribution is 2.38. The first-order valence-electron chi connectivity index (χ1n) is 8.30. The summed E-state index contributed by atoms with van der Waals surface area (Å²) in [6.45, 7) is 0.0899. The van der Waals surface area contributed by atoms with E-state index in [0.29, 0.717) is 28.5 Å². The van der Waals surface area contributed by atoms with Gasteiger partial charge in [-0.3, -0.25) is 9.69 Å². The molecule has 0 aliphatic carbocycles. The van der Waals surface area contributed by atoms with Crippen molar-refractivity contribution in [2.45, 2.75) is 6.54 Å². The summed E-state index contributed by atoms with van der Waals surface area (Å²) in [5.41, 5.74) is 1.02. The highest BCUT2D eigenvalue weighted by Gasteiger charge is 2.31. The van der Waals surface area contributed by atoms with Crippen molar-refractivity contribution in [1.82, 2.24) is 9.97 Å². The molecule has 0 atom stereocenters. The van der Waals surface area contributed by atoms with Crippen molar-refractivity contribution in [2.24, 2.45) is 0 Å². The summed E-state index contributed by atoms with van der Waals surface area (Å²) in [6.07, 6.45) is 1.21. The summed E-state index contributed by atoms with van der Waals surface area (Å²) >= 11 is 0. The Morgan fingerprint density at radius 2 is 1.79 bits per heavy atom. The Morgan fingerprint density at radius 3 is 2.36 bits per heavy atom. The van der Waals surface area contributed by atoms with E-state index in [9.17, 15) is 9.59 Å². The number of benzene rings is 1. The Kier molecular flexibility index (Phi) is 5.48. The Bertz CT molecular complexity index is 892. The predicted molar refractivity (Wildman–Crippen MR) is 99.1 cm³/mol. The largest absolute Gasteiger partial charge is 0.496 e. The lowest BCUT2D eigenvalue weighted by atomic mass is 10.1. The van der Waals surface area contributed by atoms with E-state index in [-0.39, 0.29) is 30.5 Å². The van der Waals surface area contributed by atoms with Gasteiger partial charge in [0, 0.05) is 12.1 Å². The molecule has 148 valence electrons. The number of carbonyl (C=O) groups excluding carboxylic acids is 2. The van der Waals surface area contributed by atoms with Gasteiger partial charge in [0.2, 0.25) is 5.91 Å². The minimum Gasteiger partial charge on any atom is -0.496 e. The fraction of sp³-hybridized carbons (Fsp3) is 0.333. The van der Waals surface area contributed by atoms with Crippen LogP contribution in [0.1, 0.15) is 16.1 Å². The minimum absolute atomic E-state index is 0.0227. The van der Waals surface area contributed by atoms with Gasteiger partial charge in [-0.05, 0) is 0 Å². The molecule has 28 heavy (non-hydrogen) atoms. The minimum atomic E-state index is -0.625. The molecule has 1 aliphatic rings. The summed E-state index contributed by atoms with van der Waals surface area (Å²) in [6, 6.07) is 3.40. The molecule has 0 radical (unpaired) electrons. The third-order valence-corrected chi connectivity index (χ3v) is 4.31. The van der Waals surface area contributed by atoms with Gasteiger partial charge in [0.15, 0.2) is 11.5 Å². The third-order valence-electron chi connectivity index (χ3n) is 4.31. The smallest absolute Gasteiger partial charge is 0.359 e. The predicted octanol–water partition coefficient (Wildman–Crippen LogP) is 1.25. The van der Waals surface area contributed by atoms with Gasteiger partial charge in [-0.15, -0.1) is 0 Å². The van der Waals surface area contributed by atoms with Gasteiger partial charge >= 0.3 is 5.97 Å². The number of rotatable bonds is 6. The summed E-state index contributed by atoms with van der Waals surface area (Å²) < 4.78 is 20.9. The van der Waals surface area contributed by atoms with E-state index in [1.807, 2.05) is 0 Å². The zero-order valence-corrected chi connectivity index (χ0v) is 15.9. The van der Waals surface area contributed by atoms with Crippen LogP contribution >= 0.6 is 0 Å². The zero-order valence-electron chi connectivity index (χ0n) is 15.9. The number of hydrogen-bond acceptors (Lipinski definition) is 9. The van der Waals surface area contributed by atoms with Gasteiger partial charge in [0.05, 0.1) is 47.1 Å². The second-order valence-electron chi connectivity index (χ2n) is 5.76. The highest BCUT2D eigenvalue weighted by atomic mass is 16.5. The maximum absolute atomic E-state index is 12.6. The molecule has 1 aromatic heterocycles. The summed E-state index contributed by atoms with van der Waals surface area (Å²) in [5, 5.41) is 2.89. The van der Waals surface area contributed by atoms with E-state index in [4.69, 9.17) is 18.9 Å². The number of esters is 1. The number of aromatic nitrogens is 2. The van der Waals surface area contributed by atoms with Crippen LogP contribution in [0, 0.1) is 0 Å². The first-order valence-corrected chi connectivity index (χ1v) is 8.30. The van der Waals surface area contributed by atoms with E-state index in [0.717, 1.165) is 0 Å². The molecular formula is C18H20N4O6. The first-order chi connectivity index (χ1) is 13.5. The molecule has 3 rings (SSSR count). The molecule has 2 heterocycles. The lowest BCUT2D eigenvalue weighted by Gasteiger charge is -2.30. The number of ether oxygens (including phenoxy) is 4. The van der Waals surface area contributed by atoms with E-state index in [1.165, 1.54) is 39.7 Å². The van der Waals surface area contributed by atoms with Crippen molar-refractivity contribution < 1.29 is 28.5 Å². The number of fused-ring (bicyclic) bond motifs is 1. The van der Waals surface area contributed by atoms with Crippen LogP contribution in [-0.2, 0) is 16.1 Å². The van der Waals surface area contributed by atoms with E-state index in [2.05, 4.69) is 15.3 Å². The van der Waals surface area contributed by atoms with E-state index < -0.39 is 5.97 Å². The second-order valence-corrected chi connectivity index (χ2v) is 5.76. The van der Waals surface area contributed by atoms with Crippen LogP contribution in [0.3, 0.4) is 0 Å².